The van der Waals surface area contributed by atoms with E-state index in [0.29, 0.717) is 25.1 Å². The van der Waals surface area contributed by atoms with Crippen LogP contribution in [0.3, 0.4) is 0 Å². The fourth-order valence-electron chi connectivity index (χ4n) is 5.02. The summed E-state index contributed by atoms with van der Waals surface area (Å²) in [5.41, 5.74) is 1.61. The van der Waals surface area contributed by atoms with Crippen molar-refractivity contribution in [3.05, 3.63) is 65.3 Å². The molecule has 3 aromatic rings. The van der Waals surface area contributed by atoms with Crippen LogP contribution in [-0.2, 0) is 4.79 Å². The molecular formula is C28H33ClN2O4S. The summed E-state index contributed by atoms with van der Waals surface area (Å²) in [5.74, 6) is 0.576. The summed E-state index contributed by atoms with van der Waals surface area (Å²) in [6, 6.07) is 15.3. The number of hydrogen-bond acceptors (Lipinski definition) is 6. The van der Waals surface area contributed by atoms with E-state index in [1.807, 2.05) is 42.5 Å². The van der Waals surface area contributed by atoms with E-state index < -0.39 is 18.0 Å². The van der Waals surface area contributed by atoms with Crippen LogP contribution in [-0.4, -0.2) is 58.6 Å². The molecule has 0 amide bonds. The second-order valence-corrected chi connectivity index (χ2v) is 10.9. The van der Waals surface area contributed by atoms with E-state index in [9.17, 15) is 15.0 Å². The van der Waals surface area contributed by atoms with Crippen LogP contribution in [0.2, 0.25) is 5.02 Å². The molecule has 0 radical (unpaired) electrons. The second-order valence-electron chi connectivity index (χ2n) is 9.33. The number of aliphatic hydroxyl groups excluding tert-OH is 1. The number of piperidine rings is 1. The van der Waals surface area contributed by atoms with Crippen LogP contribution >= 0.6 is 23.4 Å². The highest BCUT2D eigenvalue weighted by atomic mass is 35.5. The largest absolute Gasteiger partial charge is 0.497 e. The Morgan fingerprint density at radius 1 is 1.28 bits per heavy atom. The van der Waals surface area contributed by atoms with Crippen LogP contribution < -0.4 is 4.74 Å². The summed E-state index contributed by atoms with van der Waals surface area (Å²) >= 11 is 7.83. The van der Waals surface area contributed by atoms with E-state index in [4.69, 9.17) is 16.3 Å². The maximum Gasteiger partial charge on any atom is 0.308 e. The van der Waals surface area contributed by atoms with Gasteiger partial charge >= 0.3 is 5.97 Å². The summed E-state index contributed by atoms with van der Waals surface area (Å²) < 4.78 is 5.34. The van der Waals surface area contributed by atoms with Crippen LogP contribution in [0.15, 0.2) is 59.6 Å². The highest BCUT2D eigenvalue weighted by molar-refractivity contribution is 7.99. The Balaban J connectivity index is 1.29. The molecule has 2 N–H and O–H groups in total. The molecule has 0 saturated carbocycles. The standard InChI is InChI=1S/C28H33ClN2O4S/c1-35-21-7-8-26-24(17-21)23(10-12-30-26)27(32)9-6-19-11-14-31(18-25(19)28(33)34)13-3-15-36-22-5-2-4-20(29)16-22/h2,4-5,7-8,10,12,16-17,19,25,27,32H,3,6,9,11,13-15,18H2,1H3,(H,33,34)/t19-,25+,27+/m1/s1. The van der Waals surface area contributed by atoms with Gasteiger partial charge in [-0.25, -0.2) is 0 Å². The quantitative estimate of drug-likeness (QED) is 0.236. The normalized spacial score (nSPS) is 19.3. The molecular weight excluding hydrogens is 496 g/mol. The fraction of sp³-hybridized carbons (Fsp3) is 0.429. The minimum absolute atomic E-state index is 0.0527. The SMILES string of the molecule is COc1ccc2nccc([C@@H](O)CC[C@@H]3CCN(CCCSc4cccc(Cl)c4)C[C@@H]3C(=O)O)c2c1. The van der Waals surface area contributed by atoms with Gasteiger partial charge in [-0.15, -0.1) is 11.8 Å². The van der Waals surface area contributed by atoms with E-state index in [2.05, 4.69) is 16.0 Å². The molecule has 36 heavy (non-hydrogen) atoms. The number of pyridine rings is 1. The summed E-state index contributed by atoms with van der Waals surface area (Å²) in [6.07, 6.45) is 4.03. The maximum absolute atomic E-state index is 12.1. The molecule has 1 fully saturated rings. The third-order valence-corrected chi connectivity index (χ3v) is 8.31. The first-order valence-corrected chi connectivity index (χ1v) is 13.7. The van der Waals surface area contributed by atoms with Crippen molar-refractivity contribution >= 4 is 40.2 Å². The first-order chi connectivity index (χ1) is 17.4. The Bertz CT molecular complexity index is 1180. The van der Waals surface area contributed by atoms with Crippen molar-refractivity contribution in [2.45, 2.75) is 36.7 Å². The van der Waals surface area contributed by atoms with Crippen molar-refractivity contribution in [1.29, 1.82) is 0 Å². The molecule has 192 valence electrons. The maximum atomic E-state index is 12.1. The molecule has 0 spiro atoms. The lowest BCUT2D eigenvalue weighted by Gasteiger charge is -2.37. The molecule has 0 aliphatic carbocycles. The third kappa shape index (κ3) is 6.91. The van der Waals surface area contributed by atoms with Gasteiger partial charge in [0, 0.05) is 28.0 Å². The molecule has 2 heterocycles. The van der Waals surface area contributed by atoms with Crippen molar-refractivity contribution in [2.75, 3.05) is 32.5 Å². The number of hydrogen-bond donors (Lipinski definition) is 2. The van der Waals surface area contributed by atoms with Gasteiger partial charge < -0.3 is 19.8 Å². The second kappa shape index (κ2) is 12.8. The van der Waals surface area contributed by atoms with Gasteiger partial charge in [0.15, 0.2) is 0 Å². The van der Waals surface area contributed by atoms with Crippen LogP contribution in [0.4, 0.5) is 0 Å². The van der Waals surface area contributed by atoms with Crippen molar-refractivity contribution in [3.8, 4) is 5.75 Å². The number of carbonyl (C=O) groups is 1. The molecule has 4 rings (SSSR count). The summed E-state index contributed by atoms with van der Waals surface area (Å²) in [5, 5.41) is 22.5. The van der Waals surface area contributed by atoms with Gasteiger partial charge in [0.2, 0.25) is 0 Å². The number of fused-ring (bicyclic) bond motifs is 1. The Labute approximate surface area is 221 Å². The summed E-state index contributed by atoms with van der Waals surface area (Å²) in [6.45, 7) is 2.34. The van der Waals surface area contributed by atoms with Crippen molar-refractivity contribution in [1.82, 2.24) is 9.88 Å². The number of rotatable bonds is 11. The van der Waals surface area contributed by atoms with E-state index in [1.54, 1.807) is 25.1 Å². The molecule has 3 atom stereocenters. The monoisotopic (exact) mass is 528 g/mol. The van der Waals surface area contributed by atoms with Gasteiger partial charge in [0.05, 0.1) is 24.6 Å². The lowest BCUT2D eigenvalue weighted by atomic mass is 9.81. The highest BCUT2D eigenvalue weighted by Crippen LogP contribution is 2.34. The summed E-state index contributed by atoms with van der Waals surface area (Å²) in [7, 11) is 1.62. The number of likely N-dealkylation sites (tertiary alicyclic amines) is 1. The molecule has 1 aromatic heterocycles. The number of aliphatic hydroxyl groups is 1. The predicted octanol–water partition coefficient (Wildman–Crippen LogP) is 5.92. The number of halogens is 1. The van der Waals surface area contributed by atoms with Gasteiger partial charge in [0.1, 0.15) is 5.75 Å². The average molecular weight is 529 g/mol. The van der Waals surface area contributed by atoms with E-state index in [-0.39, 0.29) is 5.92 Å². The van der Waals surface area contributed by atoms with Crippen molar-refractivity contribution in [2.24, 2.45) is 11.8 Å². The molecule has 0 bridgehead atoms. The summed E-state index contributed by atoms with van der Waals surface area (Å²) in [4.78, 5) is 19.9. The van der Waals surface area contributed by atoms with Crippen LogP contribution in [0.5, 0.6) is 5.75 Å². The number of nitrogens with zero attached hydrogens (tertiary/aromatic N) is 2. The smallest absolute Gasteiger partial charge is 0.308 e. The number of methoxy groups -OCH3 is 1. The van der Waals surface area contributed by atoms with E-state index in [0.717, 1.165) is 58.1 Å². The van der Waals surface area contributed by atoms with Gasteiger partial charge in [-0.1, -0.05) is 17.7 Å². The van der Waals surface area contributed by atoms with Crippen LogP contribution in [0, 0.1) is 11.8 Å². The van der Waals surface area contributed by atoms with E-state index in [1.165, 1.54) is 0 Å². The molecule has 1 saturated heterocycles. The minimum atomic E-state index is -0.744. The van der Waals surface area contributed by atoms with E-state index >= 15 is 0 Å². The van der Waals surface area contributed by atoms with Crippen molar-refractivity contribution in [3.63, 3.8) is 0 Å². The number of ether oxygens (including phenoxy) is 1. The molecule has 1 aliphatic rings. The fourth-order valence-corrected chi connectivity index (χ4v) is 6.17. The first-order valence-electron chi connectivity index (χ1n) is 12.4. The number of benzene rings is 2. The number of carboxylic acids is 1. The number of aromatic nitrogens is 1. The average Bonchev–Trinajstić information content (AvgIpc) is 2.89. The number of carboxylic acid groups (broad SMARTS) is 1. The Hall–Kier alpha value is -2.32. The zero-order chi connectivity index (χ0) is 25.5. The predicted molar refractivity (Wildman–Crippen MR) is 145 cm³/mol. The lowest BCUT2D eigenvalue weighted by Crippen LogP contribution is -2.44. The van der Waals surface area contributed by atoms with Crippen LogP contribution in [0.1, 0.15) is 37.4 Å². The molecule has 2 aromatic carbocycles. The van der Waals surface area contributed by atoms with Gasteiger partial charge in [0.25, 0.3) is 0 Å². The highest BCUT2D eigenvalue weighted by Gasteiger charge is 2.34. The van der Waals surface area contributed by atoms with Gasteiger partial charge in [-0.2, -0.15) is 0 Å². The Morgan fingerprint density at radius 3 is 2.92 bits per heavy atom. The Kier molecular flexibility index (Phi) is 9.48. The molecule has 6 nitrogen and oxygen atoms in total. The van der Waals surface area contributed by atoms with Crippen molar-refractivity contribution < 1.29 is 19.7 Å². The zero-order valence-corrected chi connectivity index (χ0v) is 22.0. The number of thioether (sulfide) groups is 1. The molecule has 8 heteroatoms. The topological polar surface area (TPSA) is 82.9 Å². The number of aliphatic carboxylic acids is 1. The molecule has 0 unspecified atom stereocenters. The third-order valence-electron chi connectivity index (χ3n) is 6.99. The first kappa shape index (κ1) is 26.7. The zero-order valence-electron chi connectivity index (χ0n) is 20.5. The lowest BCUT2D eigenvalue weighted by molar-refractivity contribution is -0.146. The Morgan fingerprint density at radius 2 is 2.14 bits per heavy atom. The van der Waals surface area contributed by atoms with Crippen LogP contribution in [0.25, 0.3) is 10.9 Å². The van der Waals surface area contributed by atoms with Gasteiger partial charge in [-0.05, 0) is 98.5 Å². The van der Waals surface area contributed by atoms with Gasteiger partial charge in [-0.3, -0.25) is 9.78 Å². The minimum Gasteiger partial charge on any atom is -0.497 e. The molecule has 1 aliphatic heterocycles.